The second-order valence-electron chi connectivity index (χ2n) is 7.10. The van der Waals surface area contributed by atoms with Crippen LogP contribution in [0.4, 0.5) is 5.69 Å². The second-order valence-corrected chi connectivity index (χ2v) is 7.10. The van der Waals surface area contributed by atoms with Crippen molar-refractivity contribution in [3.8, 4) is 17.2 Å². The fraction of sp³-hybridized carbons (Fsp3) is 0.208. The quantitative estimate of drug-likeness (QED) is 0.476. The van der Waals surface area contributed by atoms with E-state index in [1.807, 2.05) is 13.8 Å². The first-order valence-corrected chi connectivity index (χ1v) is 10.0. The number of hydrogen-bond donors (Lipinski definition) is 2. The normalized spacial score (nSPS) is 10.8. The Labute approximate surface area is 191 Å². The summed E-state index contributed by atoms with van der Waals surface area (Å²) in [7, 11) is 3.00. The summed E-state index contributed by atoms with van der Waals surface area (Å²) in [5, 5.41) is 6.60. The third-order valence-corrected chi connectivity index (χ3v) is 4.91. The van der Waals surface area contributed by atoms with Crippen molar-refractivity contribution in [3.05, 3.63) is 70.6 Å². The molecule has 0 aliphatic heterocycles. The van der Waals surface area contributed by atoms with Gasteiger partial charge < -0.3 is 29.8 Å². The molecule has 3 N–H and O–H groups in total. The van der Waals surface area contributed by atoms with Crippen molar-refractivity contribution in [2.75, 3.05) is 19.5 Å². The van der Waals surface area contributed by atoms with Crippen LogP contribution >= 0.6 is 0 Å². The lowest BCUT2D eigenvalue weighted by atomic mass is 10.1. The summed E-state index contributed by atoms with van der Waals surface area (Å²) in [5.41, 5.74) is 8.28. The summed E-state index contributed by atoms with van der Waals surface area (Å²) in [5.74, 6) is 1.16. The molecule has 0 aliphatic carbocycles. The maximum Gasteiger partial charge on any atom is 0.248 e. The summed E-state index contributed by atoms with van der Waals surface area (Å²) in [6.45, 7) is 3.97. The molecule has 0 saturated heterocycles. The van der Waals surface area contributed by atoms with Crippen molar-refractivity contribution in [2.45, 2.75) is 20.5 Å². The Morgan fingerprint density at radius 1 is 1.06 bits per heavy atom. The molecule has 0 atom stereocenters. The average Bonchev–Trinajstić information content (AvgIpc) is 3.13. The van der Waals surface area contributed by atoms with E-state index in [0.717, 1.165) is 16.8 Å². The summed E-state index contributed by atoms with van der Waals surface area (Å²) in [6, 6.07) is 9.85. The topological polar surface area (TPSA) is 126 Å². The van der Waals surface area contributed by atoms with Gasteiger partial charge in [0.25, 0.3) is 0 Å². The Kier molecular flexibility index (Phi) is 7.34. The lowest BCUT2D eigenvalue weighted by molar-refractivity contribution is -0.111. The molecule has 1 heterocycles. The van der Waals surface area contributed by atoms with Crippen molar-refractivity contribution >= 4 is 23.6 Å². The Morgan fingerprint density at radius 3 is 2.42 bits per heavy atom. The van der Waals surface area contributed by atoms with Crippen LogP contribution in [0.25, 0.3) is 6.08 Å². The van der Waals surface area contributed by atoms with E-state index in [4.69, 9.17) is 24.5 Å². The van der Waals surface area contributed by atoms with Gasteiger partial charge in [0.1, 0.15) is 18.1 Å². The zero-order chi connectivity index (χ0) is 24.0. The van der Waals surface area contributed by atoms with Gasteiger partial charge in [-0.1, -0.05) is 11.2 Å². The Hall–Kier alpha value is -4.27. The third kappa shape index (κ3) is 5.70. The molecule has 0 saturated carbocycles. The van der Waals surface area contributed by atoms with Crippen molar-refractivity contribution in [1.29, 1.82) is 0 Å². The number of carbonyl (C=O) groups is 2. The molecule has 2 aromatic carbocycles. The van der Waals surface area contributed by atoms with Gasteiger partial charge in [0, 0.05) is 11.6 Å². The molecule has 0 fully saturated rings. The summed E-state index contributed by atoms with van der Waals surface area (Å²) >= 11 is 0. The minimum absolute atomic E-state index is 0.256. The number of methoxy groups -OCH3 is 2. The highest BCUT2D eigenvalue weighted by Crippen LogP contribution is 2.30. The lowest BCUT2D eigenvalue weighted by Gasteiger charge is -2.11. The number of benzene rings is 2. The van der Waals surface area contributed by atoms with Gasteiger partial charge in [-0.2, -0.15) is 0 Å². The van der Waals surface area contributed by atoms with Gasteiger partial charge in [-0.15, -0.1) is 0 Å². The van der Waals surface area contributed by atoms with Gasteiger partial charge in [-0.25, -0.2) is 0 Å². The van der Waals surface area contributed by atoms with E-state index >= 15 is 0 Å². The Balaban J connectivity index is 1.70. The molecule has 0 aliphatic rings. The van der Waals surface area contributed by atoms with Gasteiger partial charge in [-0.05, 0) is 55.8 Å². The number of nitrogens with zero attached hydrogens (tertiary/aromatic N) is 1. The minimum Gasteiger partial charge on any atom is -0.495 e. The van der Waals surface area contributed by atoms with Crippen LogP contribution in [0.2, 0.25) is 0 Å². The van der Waals surface area contributed by atoms with Gasteiger partial charge in [0.2, 0.25) is 11.8 Å². The van der Waals surface area contributed by atoms with Crippen LogP contribution in [-0.2, 0) is 11.4 Å². The molecular formula is C24H25N3O6. The molecule has 33 heavy (non-hydrogen) atoms. The van der Waals surface area contributed by atoms with Crippen LogP contribution in [0.5, 0.6) is 17.2 Å². The number of aromatic nitrogens is 1. The van der Waals surface area contributed by atoms with E-state index in [1.54, 1.807) is 30.3 Å². The predicted molar refractivity (Wildman–Crippen MR) is 122 cm³/mol. The van der Waals surface area contributed by atoms with E-state index < -0.39 is 11.8 Å². The molecule has 0 unspecified atom stereocenters. The number of carbonyl (C=O) groups excluding carboxylic acids is 2. The van der Waals surface area contributed by atoms with Gasteiger partial charge >= 0.3 is 0 Å². The maximum absolute atomic E-state index is 12.4. The molecule has 0 spiro atoms. The molecule has 172 valence electrons. The average molecular weight is 451 g/mol. The first kappa shape index (κ1) is 23.4. The lowest BCUT2D eigenvalue weighted by Crippen LogP contribution is -2.13. The van der Waals surface area contributed by atoms with E-state index in [9.17, 15) is 9.59 Å². The monoisotopic (exact) mass is 451 g/mol. The molecule has 9 nitrogen and oxygen atoms in total. The largest absolute Gasteiger partial charge is 0.495 e. The molecule has 9 heteroatoms. The zero-order valence-electron chi connectivity index (χ0n) is 18.8. The van der Waals surface area contributed by atoms with Crippen molar-refractivity contribution in [1.82, 2.24) is 5.16 Å². The number of nitrogens with one attached hydrogen (secondary N) is 1. The first-order chi connectivity index (χ1) is 15.8. The summed E-state index contributed by atoms with van der Waals surface area (Å²) in [6.07, 6.45) is 2.98. The molecule has 2 amide bonds. The highest BCUT2D eigenvalue weighted by Gasteiger charge is 2.12. The molecular weight excluding hydrogens is 426 g/mol. The highest BCUT2D eigenvalue weighted by molar-refractivity contribution is 6.04. The Morgan fingerprint density at radius 2 is 1.79 bits per heavy atom. The zero-order valence-corrected chi connectivity index (χ0v) is 18.8. The van der Waals surface area contributed by atoms with Gasteiger partial charge in [0.05, 0.1) is 31.2 Å². The molecule has 3 rings (SSSR count). The molecule has 3 aromatic rings. The number of ether oxygens (including phenoxy) is 3. The first-order valence-electron chi connectivity index (χ1n) is 10.0. The van der Waals surface area contributed by atoms with E-state index in [2.05, 4.69) is 10.5 Å². The van der Waals surface area contributed by atoms with E-state index in [1.165, 1.54) is 32.4 Å². The van der Waals surface area contributed by atoms with Crippen LogP contribution in [0, 0.1) is 13.8 Å². The fourth-order valence-electron chi connectivity index (χ4n) is 3.07. The van der Waals surface area contributed by atoms with Crippen molar-refractivity contribution in [2.24, 2.45) is 5.73 Å². The predicted octanol–water partition coefficient (Wildman–Crippen LogP) is 3.64. The number of amides is 2. The minimum atomic E-state index is -0.604. The Bertz CT molecular complexity index is 1180. The summed E-state index contributed by atoms with van der Waals surface area (Å²) in [4.78, 5) is 23.8. The molecule has 1 aromatic heterocycles. The van der Waals surface area contributed by atoms with Crippen LogP contribution < -0.4 is 25.3 Å². The van der Waals surface area contributed by atoms with Gasteiger partial charge in [0.15, 0.2) is 11.5 Å². The number of nitrogens with two attached hydrogens (primary N) is 1. The second kappa shape index (κ2) is 10.4. The van der Waals surface area contributed by atoms with E-state index in [0.29, 0.717) is 35.3 Å². The number of aryl methyl sites for hydroxylation is 2. The fourth-order valence-corrected chi connectivity index (χ4v) is 3.07. The number of rotatable bonds is 9. The standard InChI is InChI=1S/C24H25N3O6/c1-14-18(15(2)33-27-14)13-32-21-8-5-16(11-22(21)31-4)6-10-23(28)26-19-12-17(24(25)29)7-9-20(19)30-3/h5-12H,13H2,1-4H3,(H2,25,29)(H,26,28). The van der Waals surface area contributed by atoms with Crippen LogP contribution in [0.15, 0.2) is 47.0 Å². The SMILES string of the molecule is COc1ccc(C(N)=O)cc1NC(=O)C=Cc1ccc(OCc2c(C)noc2C)c(OC)c1. The van der Waals surface area contributed by atoms with E-state index in [-0.39, 0.29) is 5.56 Å². The van der Waals surface area contributed by atoms with Crippen molar-refractivity contribution in [3.63, 3.8) is 0 Å². The molecule has 0 bridgehead atoms. The van der Waals surface area contributed by atoms with Gasteiger partial charge in [-0.3, -0.25) is 9.59 Å². The van der Waals surface area contributed by atoms with Crippen LogP contribution in [-0.4, -0.2) is 31.2 Å². The highest BCUT2D eigenvalue weighted by atomic mass is 16.5. The number of primary amides is 1. The molecule has 0 radical (unpaired) electrons. The van der Waals surface area contributed by atoms with Crippen molar-refractivity contribution < 1.29 is 28.3 Å². The van der Waals surface area contributed by atoms with Crippen LogP contribution in [0.3, 0.4) is 0 Å². The maximum atomic E-state index is 12.4. The number of anilines is 1. The summed E-state index contributed by atoms with van der Waals surface area (Å²) < 4.78 is 21.7. The number of hydrogen-bond acceptors (Lipinski definition) is 7. The third-order valence-electron chi connectivity index (χ3n) is 4.91. The smallest absolute Gasteiger partial charge is 0.248 e. The van der Waals surface area contributed by atoms with Crippen LogP contribution in [0.1, 0.15) is 32.9 Å².